The second kappa shape index (κ2) is 12.1. The number of nitrogens with one attached hydrogen (secondary N) is 3. The van der Waals surface area contributed by atoms with Crippen molar-refractivity contribution >= 4 is 24.2 Å². The maximum atomic E-state index is 12.5. The van der Waals surface area contributed by atoms with E-state index >= 15 is 0 Å². The van der Waals surface area contributed by atoms with Crippen LogP contribution in [0.3, 0.4) is 0 Å². The molecule has 1 atom stereocenters. The first-order valence-electron chi connectivity index (χ1n) is 8.59. The van der Waals surface area contributed by atoms with E-state index in [-0.39, 0.29) is 36.7 Å². The van der Waals surface area contributed by atoms with Gasteiger partial charge in [0.2, 0.25) is 5.91 Å². The van der Waals surface area contributed by atoms with Crippen molar-refractivity contribution in [3.63, 3.8) is 0 Å². The predicted octanol–water partition coefficient (Wildman–Crippen LogP) is 2.70. The molecule has 2 rings (SSSR count). The standard InChI is InChI=1S/C20H25N3O2.ClH/c1-2-21-13-14-22-19(24)15-18(16-9-5-3-6-10-16)23-20(25)17-11-7-4-8-12-17;/h3-12,18,21H,2,13-15H2,1H3,(H,22,24)(H,23,25);1H. The number of amides is 2. The summed E-state index contributed by atoms with van der Waals surface area (Å²) in [7, 11) is 0. The highest BCUT2D eigenvalue weighted by atomic mass is 35.5. The number of likely N-dealkylation sites (N-methyl/N-ethyl adjacent to an activating group) is 1. The Morgan fingerprint density at radius 1 is 0.923 bits per heavy atom. The van der Waals surface area contributed by atoms with Crippen molar-refractivity contribution in [1.29, 1.82) is 0 Å². The summed E-state index contributed by atoms with van der Waals surface area (Å²) in [5, 5.41) is 9.00. The van der Waals surface area contributed by atoms with Gasteiger partial charge in [-0.1, -0.05) is 55.5 Å². The third-order valence-electron chi connectivity index (χ3n) is 3.81. The summed E-state index contributed by atoms with van der Waals surface area (Å²) in [6, 6.07) is 18.2. The average Bonchev–Trinajstić information content (AvgIpc) is 2.66. The third kappa shape index (κ3) is 7.25. The van der Waals surface area contributed by atoms with Crippen LogP contribution in [-0.4, -0.2) is 31.4 Å². The van der Waals surface area contributed by atoms with Crippen LogP contribution in [0.25, 0.3) is 0 Å². The van der Waals surface area contributed by atoms with Crippen molar-refractivity contribution in [1.82, 2.24) is 16.0 Å². The fourth-order valence-corrected chi connectivity index (χ4v) is 2.49. The molecule has 0 spiro atoms. The van der Waals surface area contributed by atoms with Crippen molar-refractivity contribution in [2.24, 2.45) is 0 Å². The molecule has 140 valence electrons. The van der Waals surface area contributed by atoms with Crippen LogP contribution in [0, 0.1) is 0 Å². The van der Waals surface area contributed by atoms with Gasteiger partial charge in [-0.3, -0.25) is 9.59 Å². The van der Waals surface area contributed by atoms with Crippen LogP contribution in [0.2, 0.25) is 0 Å². The Labute approximate surface area is 161 Å². The molecular formula is C20H26ClN3O2. The minimum Gasteiger partial charge on any atom is -0.355 e. The van der Waals surface area contributed by atoms with Gasteiger partial charge in [0.1, 0.15) is 0 Å². The number of carbonyl (C=O) groups excluding carboxylic acids is 2. The number of benzene rings is 2. The first-order valence-corrected chi connectivity index (χ1v) is 8.59. The quantitative estimate of drug-likeness (QED) is 0.590. The third-order valence-corrected chi connectivity index (χ3v) is 3.81. The van der Waals surface area contributed by atoms with Gasteiger partial charge in [-0.25, -0.2) is 0 Å². The zero-order valence-corrected chi connectivity index (χ0v) is 15.7. The number of hydrogen-bond acceptors (Lipinski definition) is 3. The topological polar surface area (TPSA) is 70.2 Å². The Balaban J connectivity index is 0.00000338. The largest absolute Gasteiger partial charge is 0.355 e. The maximum absolute atomic E-state index is 12.5. The fraction of sp³-hybridized carbons (Fsp3) is 0.300. The van der Waals surface area contributed by atoms with Crippen LogP contribution < -0.4 is 16.0 Å². The maximum Gasteiger partial charge on any atom is 0.251 e. The van der Waals surface area contributed by atoms with Crippen molar-refractivity contribution in [2.75, 3.05) is 19.6 Å². The number of hydrogen-bond donors (Lipinski definition) is 3. The second-order valence-electron chi connectivity index (χ2n) is 5.71. The van der Waals surface area contributed by atoms with Crippen molar-refractivity contribution in [2.45, 2.75) is 19.4 Å². The van der Waals surface area contributed by atoms with E-state index in [1.165, 1.54) is 0 Å². The van der Waals surface area contributed by atoms with E-state index in [9.17, 15) is 9.59 Å². The molecular weight excluding hydrogens is 350 g/mol. The molecule has 0 radical (unpaired) electrons. The van der Waals surface area contributed by atoms with Gasteiger partial charge in [0.15, 0.2) is 0 Å². The molecule has 0 aromatic heterocycles. The molecule has 1 unspecified atom stereocenters. The summed E-state index contributed by atoms with van der Waals surface area (Å²) in [5.74, 6) is -0.268. The van der Waals surface area contributed by atoms with Crippen molar-refractivity contribution in [3.8, 4) is 0 Å². The van der Waals surface area contributed by atoms with Crippen LogP contribution in [0.15, 0.2) is 60.7 Å². The van der Waals surface area contributed by atoms with Gasteiger partial charge in [-0.15, -0.1) is 12.4 Å². The van der Waals surface area contributed by atoms with Crippen molar-refractivity contribution < 1.29 is 9.59 Å². The number of carbonyl (C=O) groups is 2. The lowest BCUT2D eigenvalue weighted by Gasteiger charge is -2.19. The molecule has 26 heavy (non-hydrogen) atoms. The molecule has 0 fully saturated rings. The Hall–Kier alpha value is -2.37. The average molecular weight is 376 g/mol. The monoisotopic (exact) mass is 375 g/mol. The highest BCUT2D eigenvalue weighted by molar-refractivity contribution is 5.94. The molecule has 0 saturated carbocycles. The molecule has 0 aliphatic heterocycles. The lowest BCUT2D eigenvalue weighted by Crippen LogP contribution is -2.36. The summed E-state index contributed by atoms with van der Waals surface area (Å²) in [6.45, 7) is 4.19. The summed E-state index contributed by atoms with van der Waals surface area (Å²) >= 11 is 0. The molecule has 0 aliphatic rings. The van der Waals surface area contributed by atoms with E-state index < -0.39 is 0 Å². The minimum absolute atomic E-state index is 0. The zero-order chi connectivity index (χ0) is 17.9. The van der Waals surface area contributed by atoms with E-state index in [2.05, 4.69) is 16.0 Å². The molecule has 0 bridgehead atoms. The zero-order valence-electron chi connectivity index (χ0n) is 14.9. The minimum atomic E-state index is -0.368. The molecule has 2 aromatic carbocycles. The number of rotatable bonds is 9. The second-order valence-corrected chi connectivity index (χ2v) is 5.71. The Bertz CT molecular complexity index is 665. The van der Waals surface area contributed by atoms with E-state index in [0.717, 1.165) is 18.7 Å². The Morgan fingerprint density at radius 3 is 2.15 bits per heavy atom. The molecule has 2 aromatic rings. The highest BCUT2D eigenvalue weighted by Crippen LogP contribution is 2.17. The Kier molecular flexibility index (Phi) is 10.1. The first kappa shape index (κ1) is 21.7. The van der Waals surface area contributed by atoms with Gasteiger partial charge in [0.05, 0.1) is 12.5 Å². The van der Waals surface area contributed by atoms with Gasteiger partial charge < -0.3 is 16.0 Å². The highest BCUT2D eigenvalue weighted by Gasteiger charge is 2.18. The van der Waals surface area contributed by atoms with Crippen molar-refractivity contribution in [3.05, 3.63) is 71.8 Å². The summed E-state index contributed by atoms with van der Waals surface area (Å²) in [4.78, 5) is 24.7. The first-order chi connectivity index (χ1) is 12.2. The fourth-order valence-electron chi connectivity index (χ4n) is 2.49. The van der Waals surface area contributed by atoms with Gasteiger partial charge in [0, 0.05) is 18.7 Å². The smallest absolute Gasteiger partial charge is 0.251 e. The molecule has 0 heterocycles. The van der Waals surface area contributed by atoms with Gasteiger partial charge >= 0.3 is 0 Å². The van der Waals surface area contributed by atoms with E-state index in [1.807, 2.05) is 55.5 Å². The van der Waals surface area contributed by atoms with Crippen LogP contribution in [-0.2, 0) is 4.79 Å². The summed E-state index contributed by atoms with van der Waals surface area (Å²) in [6.07, 6.45) is 0.203. The van der Waals surface area contributed by atoms with Gasteiger partial charge in [-0.05, 0) is 24.2 Å². The predicted molar refractivity (Wildman–Crippen MR) is 107 cm³/mol. The van der Waals surface area contributed by atoms with E-state index in [4.69, 9.17) is 0 Å². The summed E-state index contributed by atoms with van der Waals surface area (Å²) < 4.78 is 0. The molecule has 3 N–H and O–H groups in total. The molecule has 0 aliphatic carbocycles. The van der Waals surface area contributed by atoms with Crippen LogP contribution in [0.5, 0.6) is 0 Å². The van der Waals surface area contributed by atoms with E-state index in [0.29, 0.717) is 12.1 Å². The lowest BCUT2D eigenvalue weighted by molar-refractivity contribution is -0.121. The molecule has 2 amide bonds. The molecule has 6 heteroatoms. The van der Waals surface area contributed by atoms with Gasteiger partial charge in [0.25, 0.3) is 5.91 Å². The summed E-state index contributed by atoms with van der Waals surface area (Å²) in [5.41, 5.74) is 1.49. The van der Waals surface area contributed by atoms with Crippen LogP contribution >= 0.6 is 12.4 Å². The molecule has 0 saturated heterocycles. The SMILES string of the molecule is CCNCCNC(=O)CC(NC(=O)c1ccccc1)c1ccccc1.Cl. The van der Waals surface area contributed by atoms with Crippen LogP contribution in [0.1, 0.15) is 35.3 Å². The lowest BCUT2D eigenvalue weighted by atomic mass is 10.0. The van der Waals surface area contributed by atoms with Crippen LogP contribution in [0.4, 0.5) is 0 Å². The molecule has 5 nitrogen and oxygen atoms in total. The Morgan fingerprint density at radius 2 is 1.54 bits per heavy atom. The normalized spacial score (nSPS) is 11.1. The van der Waals surface area contributed by atoms with E-state index in [1.54, 1.807) is 12.1 Å². The number of halogens is 1. The van der Waals surface area contributed by atoms with Gasteiger partial charge in [-0.2, -0.15) is 0 Å².